The molecule has 2 aromatic heterocycles. The molecule has 4 heterocycles. The number of hydrogen-bond acceptors (Lipinski definition) is 13. The van der Waals surface area contributed by atoms with Gasteiger partial charge in [0.1, 0.15) is 36.0 Å². The van der Waals surface area contributed by atoms with E-state index < -0.39 is 35.2 Å². The number of β-lactam (4-membered cyclic amide) rings is 1. The van der Waals surface area contributed by atoms with E-state index in [1.807, 2.05) is 12.1 Å². The predicted molar refractivity (Wildman–Crippen MR) is 161 cm³/mol. The minimum Gasteiger partial charge on any atom is -0.477 e. The maximum atomic E-state index is 13.3. The molecular weight excluding hydrogens is 622 g/mol. The first-order valence-corrected chi connectivity index (χ1v) is 15.0. The van der Waals surface area contributed by atoms with E-state index in [9.17, 15) is 24.3 Å². The molecule has 14 nitrogen and oxygen atoms in total. The molecule has 1 saturated heterocycles. The van der Waals surface area contributed by atoms with E-state index in [2.05, 4.69) is 25.8 Å². The highest BCUT2D eigenvalue weighted by Crippen LogP contribution is 2.40. The highest BCUT2D eigenvalue weighted by atomic mass is 35.5. The fourth-order valence-electron chi connectivity index (χ4n) is 4.41. The molecule has 224 valence electrons. The number of fused-ring (bicyclic) bond motifs is 2. The molecule has 0 aliphatic carbocycles. The number of halogens is 1. The average molecular weight is 646 g/mol. The van der Waals surface area contributed by atoms with E-state index in [0.717, 1.165) is 32.8 Å². The molecule has 3 aromatic rings. The van der Waals surface area contributed by atoms with Crippen LogP contribution in [0.3, 0.4) is 0 Å². The topological polar surface area (TPSA) is 198 Å². The third kappa shape index (κ3) is 6.50. The molecule has 5 rings (SSSR count). The first kappa shape index (κ1) is 30.1. The Labute approximate surface area is 257 Å². The normalized spacial score (nSPS) is 18.1. The standard InChI is InChI=1S/C26H24ClN7O7S2/c1-12(35)40-9-13-10-42-24-20(23(37)34(24)21(13)25(38)39)32-22(36)19(18-11-43-26(28)31-18)33-41-7-6-30-16-4-5-29-17-8-14(27)2-3-15(16)17/h2-5,8,11,20,24H,6-7,9-10H2,1H3,(H2,28,31)(H,29,30)(H,32,36)(H,38,39)/t20-,24-/m1/s1. The number of nitrogens with one attached hydrogen (secondary N) is 2. The van der Waals surface area contributed by atoms with Crippen molar-refractivity contribution in [1.82, 2.24) is 20.2 Å². The second-order valence-electron chi connectivity index (χ2n) is 9.19. The maximum absolute atomic E-state index is 13.3. The van der Waals surface area contributed by atoms with E-state index in [1.54, 1.807) is 18.3 Å². The highest BCUT2D eigenvalue weighted by Gasteiger charge is 2.54. The van der Waals surface area contributed by atoms with Crippen LogP contribution in [0.4, 0.5) is 10.8 Å². The Morgan fingerprint density at radius 3 is 2.84 bits per heavy atom. The van der Waals surface area contributed by atoms with E-state index in [1.165, 1.54) is 24.1 Å². The van der Waals surface area contributed by atoms with Crippen molar-refractivity contribution in [2.45, 2.75) is 18.3 Å². The molecule has 0 bridgehead atoms. The van der Waals surface area contributed by atoms with Gasteiger partial charge in [0.25, 0.3) is 11.8 Å². The van der Waals surface area contributed by atoms with Crippen LogP contribution in [-0.4, -0.2) is 86.4 Å². The number of anilines is 2. The molecule has 0 saturated carbocycles. The van der Waals surface area contributed by atoms with Crippen LogP contribution in [0.5, 0.6) is 0 Å². The molecule has 2 aliphatic heterocycles. The Morgan fingerprint density at radius 1 is 1.30 bits per heavy atom. The lowest BCUT2D eigenvalue weighted by Crippen LogP contribution is -2.71. The number of thiazole rings is 1. The number of hydrogen-bond donors (Lipinski definition) is 4. The van der Waals surface area contributed by atoms with Crippen molar-refractivity contribution in [2.24, 2.45) is 5.16 Å². The highest BCUT2D eigenvalue weighted by molar-refractivity contribution is 8.00. The molecule has 0 unspecified atom stereocenters. The predicted octanol–water partition coefficient (Wildman–Crippen LogP) is 2.06. The van der Waals surface area contributed by atoms with Crippen molar-refractivity contribution < 1.29 is 33.9 Å². The van der Waals surface area contributed by atoms with Gasteiger partial charge < -0.3 is 31.0 Å². The van der Waals surface area contributed by atoms with E-state index >= 15 is 0 Å². The van der Waals surface area contributed by atoms with E-state index in [0.29, 0.717) is 11.6 Å². The molecule has 0 spiro atoms. The quantitative estimate of drug-likeness (QED) is 0.0779. The van der Waals surface area contributed by atoms with Crippen molar-refractivity contribution >= 4 is 85.9 Å². The molecule has 17 heteroatoms. The van der Waals surface area contributed by atoms with Gasteiger partial charge in [-0.15, -0.1) is 23.1 Å². The fourth-order valence-corrected chi connectivity index (χ4v) is 6.45. The number of nitrogen functional groups attached to an aromatic ring is 1. The zero-order valence-electron chi connectivity index (χ0n) is 22.4. The van der Waals surface area contributed by atoms with Crippen LogP contribution in [0, 0.1) is 0 Å². The Morgan fingerprint density at radius 2 is 2.12 bits per heavy atom. The van der Waals surface area contributed by atoms with Gasteiger partial charge in [-0.25, -0.2) is 9.78 Å². The number of pyridine rings is 1. The fraction of sp³-hybridized carbons (Fsp3) is 0.269. The summed E-state index contributed by atoms with van der Waals surface area (Å²) in [6, 6.07) is 6.15. The van der Waals surface area contributed by atoms with Gasteiger partial charge in [0, 0.05) is 45.9 Å². The van der Waals surface area contributed by atoms with Crippen LogP contribution in [0.1, 0.15) is 12.6 Å². The van der Waals surface area contributed by atoms with Crippen LogP contribution in [0.2, 0.25) is 5.02 Å². The molecule has 0 radical (unpaired) electrons. The zero-order chi connectivity index (χ0) is 30.7. The number of amides is 2. The number of oxime groups is 1. The van der Waals surface area contributed by atoms with Crippen molar-refractivity contribution in [3.05, 3.63) is 57.8 Å². The number of carbonyl (C=O) groups excluding carboxylic acids is 3. The van der Waals surface area contributed by atoms with Gasteiger partial charge in [0.05, 0.1) is 12.1 Å². The number of rotatable bonds is 11. The summed E-state index contributed by atoms with van der Waals surface area (Å²) in [6.45, 7) is 1.35. The summed E-state index contributed by atoms with van der Waals surface area (Å²) >= 11 is 8.39. The molecular formula is C26H24ClN7O7S2. The zero-order valence-corrected chi connectivity index (χ0v) is 24.8. The first-order valence-electron chi connectivity index (χ1n) is 12.7. The summed E-state index contributed by atoms with van der Waals surface area (Å²) in [5.41, 5.74) is 7.27. The number of nitrogens with two attached hydrogens (primary N) is 1. The second-order valence-corrected chi connectivity index (χ2v) is 11.6. The Balaban J connectivity index is 1.25. The summed E-state index contributed by atoms with van der Waals surface area (Å²) in [5.74, 6) is -3.10. The van der Waals surface area contributed by atoms with Gasteiger partial charge in [-0.2, -0.15) is 0 Å². The first-order chi connectivity index (χ1) is 20.6. The third-order valence-electron chi connectivity index (χ3n) is 6.34. The molecule has 1 aromatic carbocycles. The van der Waals surface area contributed by atoms with Crippen molar-refractivity contribution in [1.29, 1.82) is 0 Å². The summed E-state index contributed by atoms with van der Waals surface area (Å²) in [7, 11) is 0. The number of carboxylic acids is 1. The number of aromatic nitrogens is 2. The van der Waals surface area contributed by atoms with Crippen LogP contribution < -0.4 is 16.4 Å². The molecule has 43 heavy (non-hydrogen) atoms. The third-order valence-corrected chi connectivity index (χ3v) is 8.58. The number of esters is 1. The van der Waals surface area contributed by atoms with Gasteiger partial charge in [-0.1, -0.05) is 16.8 Å². The number of aliphatic carboxylic acids is 1. The van der Waals surface area contributed by atoms with E-state index in [4.69, 9.17) is 26.9 Å². The van der Waals surface area contributed by atoms with Gasteiger partial charge >= 0.3 is 11.9 Å². The Kier molecular flexibility index (Phi) is 8.98. The lowest BCUT2D eigenvalue weighted by molar-refractivity contribution is -0.150. The molecule has 2 amide bonds. The Bertz CT molecular complexity index is 1680. The largest absolute Gasteiger partial charge is 0.477 e. The molecule has 1 fully saturated rings. The SMILES string of the molecule is CC(=O)OCC1=C(C(=O)O)N2C(=O)[C@@H](NC(=O)C(=NOCCNc3ccnc4cc(Cl)ccc34)c3csc(N)n3)[C@H]2SC1. The lowest BCUT2D eigenvalue weighted by Gasteiger charge is -2.49. The second kappa shape index (κ2) is 12.8. The summed E-state index contributed by atoms with van der Waals surface area (Å²) in [5, 5.41) is 22.1. The van der Waals surface area contributed by atoms with Crippen molar-refractivity contribution in [2.75, 3.05) is 36.6 Å². The number of thioether (sulfide) groups is 1. The minimum absolute atomic E-state index is 0.0697. The van der Waals surface area contributed by atoms with E-state index in [-0.39, 0.29) is 46.8 Å². The van der Waals surface area contributed by atoms with Crippen molar-refractivity contribution in [3.8, 4) is 0 Å². The minimum atomic E-state index is -1.34. The van der Waals surface area contributed by atoms with Crippen LogP contribution >= 0.6 is 34.7 Å². The number of carboxylic acid groups (broad SMARTS) is 1. The van der Waals surface area contributed by atoms with Crippen LogP contribution in [0.15, 0.2) is 52.3 Å². The maximum Gasteiger partial charge on any atom is 0.352 e. The smallest absolute Gasteiger partial charge is 0.352 e. The monoisotopic (exact) mass is 645 g/mol. The van der Waals surface area contributed by atoms with Crippen LogP contribution in [0.25, 0.3) is 10.9 Å². The molecule has 2 atom stereocenters. The number of benzene rings is 1. The Hall–Kier alpha value is -4.41. The number of ether oxygens (including phenoxy) is 1. The van der Waals surface area contributed by atoms with Crippen LogP contribution in [-0.2, 0) is 28.8 Å². The van der Waals surface area contributed by atoms with Gasteiger partial charge in [0.2, 0.25) is 0 Å². The molecule has 2 aliphatic rings. The molecule has 5 N–H and O–H groups in total. The lowest BCUT2D eigenvalue weighted by atomic mass is 10.0. The number of nitrogens with zero attached hydrogens (tertiary/aromatic N) is 4. The number of carbonyl (C=O) groups is 4. The van der Waals surface area contributed by atoms with Crippen molar-refractivity contribution in [3.63, 3.8) is 0 Å². The van der Waals surface area contributed by atoms with Gasteiger partial charge in [-0.3, -0.25) is 24.3 Å². The summed E-state index contributed by atoms with van der Waals surface area (Å²) < 4.78 is 4.94. The van der Waals surface area contributed by atoms with Gasteiger partial charge in [0.15, 0.2) is 10.8 Å². The summed E-state index contributed by atoms with van der Waals surface area (Å²) in [6.07, 6.45) is 1.65. The average Bonchev–Trinajstić information content (AvgIpc) is 3.41. The van der Waals surface area contributed by atoms with Gasteiger partial charge in [-0.05, 0) is 24.3 Å². The summed E-state index contributed by atoms with van der Waals surface area (Å²) in [4.78, 5) is 64.4.